The summed E-state index contributed by atoms with van der Waals surface area (Å²) in [6.45, 7) is 1.16. The van der Waals surface area contributed by atoms with E-state index in [-0.39, 0.29) is 25.0 Å². The van der Waals surface area contributed by atoms with Gasteiger partial charge in [-0.1, -0.05) is 18.2 Å². The lowest BCUT2D eigenvalue weighted by molar-refractivity contribution is -0.0246. The van der Waals surface area contributed by atoms with Gasteiger partial charge < -0.3 is 25.4 Å². The van der Waals surface area contributed by atoms with Gasteiger partial charge in [-0.05, 0) is 24.3 Å². The van der Waals surface area contributed by atoms with E-state index in [9.17, 15) is 9.59 Å². The minimum Gasteiger partial charge on any atom is -0.395 e. The number of nitrogens with zero attached hydrogens (tertiary/aromatic N) is 3. The van der Waals surface area contributed by atoms with Gasteiger partial charge in [0.2, 0.25) is 0 Å². The van der Waals surface area contributed by atoms with Crippen molar-refractivity contribution < 1.29 is 19.4 Å². The molecule has 2 amide bonds. The number of anilines is 1. The average molecular weight is 435 g/mol. The molecule has 1 aliphatic rings. The second-order valence-corrected chi connectivity index (χ2v) is 7.38. The smallest absolute Gasteiger partial charge is 0.254 e. The number of pyridine rings is 2. The highest BCUT2D eigenvalue weighted by Crippen LogP contribution is 2.27. The normalized spacial score (nSPS) is 16.1. The monoisotopic (exact) mass is 435 g/mol. The number of rotatable bonds is 6. The number of amides is 2. The summed E-state index contributed by atoms with van der Waals surface area (Å²) in [6.07, 6.45) is 1.13. The van der Waals surface area contributed by atoms with Crippen LogP contribution in [-0.2, 0) is 4.74 Å². The van der Waals surface area contributed by atoms with Gasteiger partial charge >= 0.3 is 0 Å². The molecule has 9 heteroatoms. The Kier molecular flexibility index (Phi) is 6.58. The summed E-state index contributed by atoms with van der Waals surface area (Å²) in [5, 5.41) is 15.4. The van der Waals surface area contributed by atoms with Crippen molar-refractivity contribution in [3.63, 3.8) is 0 Å². The summed E-state index contributed by atoms with van der Waals surface area (Å²) in [4.78, 5) is 36.3. The maximum absolute atomic E-state index is 13.1. The molecular weight excluding hydrogens is 410 g/mol. The number of fused-ring (bicyclic) bond motifs is 1. The van der Waals surface area contributed by atoms with E-state index in [1.54, 1.807) is 36.3 Å². The Bertz CT molecular complexity index is 1140. The first-order valence-electron chi connectivity index (χ1n) is 10.4. The van der Waals surface area contributed by atoms with Gasteiger partial charge in [-0.2, -0.15) is 0 Å². The van der Waals surface area contributed by atoms with Crippen LogP contribution >= 0.6 is 0 Å². The first kappa shape index (κ1) is 21.7. The number of benzene rings is 1. The van der Waals surface area contributed by atoms with Crippen LogP contribution in [0, 0.1) is 0 Å². The van der Waals surface area contributed by atoms with Gasteiger partial charge in [0.05, 0.1) is 36.5 Å². The predicted molar refractivity (Wildman–Crippen MR) is 120 cm³/mol. The Morgan fingerprint density at radius 1 is 1.25 bits per heavy atom. The fraction of sp³-hybridized carbons (Fsp3) is 0.304. The van der Waals surface area contributed by atoms with Gasteiger partial charge in [0.15, 0.2) is 0 Å². The molecule has 1 atom stereocenters. The van der Waals surface area contributed by atoms with E-state index < -0.39 is 6.10 Å². The van der Waals surface area contributed by atoms with Crippen LogP contribution < -0.4 is 10.6 Å². The van der Waals surface area contributed by atoms with Crippen LogP contribution in [0.2, 0.25) is 0 Å². The summed E-state index contributed by atoms with van der Waals surface area (Å²) in [6, 6.07) is 12.5. The van der Waals surface area contributed by atoms with Crippen LogP contribution in [0.15, 0.2) is 48.7 Å². The molecule has 1 fully saturated rings. The molecule has 9 nitrogen and oxygen atoms in total. The topological polar surface area (TPSA) is 117 Å². The molecule has 1 saturated heterocycles. The lowest BCUT2D eigenvalue weighted by Crippen LogP contribution is -2.42. The van der Waals surface area contributed by atoms with Gasteiger partial charge in [-0.15, -0.1) is 0 Å². The molecule has 0 bridgehead atoms. The molecule has 0 spiro atoms. The molecule has 4 rings (SSSR count). The van der Waals surface area contributed by atoms with Crippen LogP contribution in [-0.4, -0.2) is 71.7 Å². The number of hydrogen-bond donors (Lipinski definition) is 3. The van der Waals surface area contributed by atoms with E-state index in [4.69, 9.17) is 14.8 Å². The third-order valence-electron chi connectivity index (χ3n) is 5.32. The van der Waals surface area contributed by atoms with Crippen LogP contribution in [0.25, 0.3) is 10.9 Å². The standard InChI is InChI=1S/C23H25N5O4/c1-24-21-12-15(6-7-25-21)23(31)28-9-11-32-20(14-28)19-13-17(22(30)26-8-10-29)16-4-2-3-5-18(16)27-19/h2-7,12-13,20,29H,8-11,14H2,1H3,(H,24,25)(H,26,30). The van der Waals surface area contributed by atoms with E-state index in [1.165, 1.54) is 0 Å². The third kappa shape index (κ3) is 4.53. The second-order valence-electron chi connectivity index (χ2n) is 7.38. The number of ether oxygens (including phenoxy) is 1. The van der Waals surface area contributed by atoms with Gasteiger partial charge in [0.1, 0.15) is 11.9 Å². The Labute approximate surface area is 185 Å². The molecule has 1 unspecified atom stereocenters. The molecule has 3 N–H and O–H groups in total. The lowest BCUT2D eigenvalue weighted by Gasteiger charge is -2.33. The zero-order valence-electron chi connectivity index (χ0n) is 17.7. The molecule has 32 heavy (non-hydrogen) atoms. The van der Waals surface area contributed by atoms with Crippen molar-refractivity contribution >= 4 is 28.5 Å². The Balaban J connectivity index is 1.62. The van der Waals surface area contributed by atoms with Crippen LogP contribution in [0.5, 0.6) is 0 Å². The van der Waals surface area contributed by atoms with E-state index in [1.807, 2.05) is 24.3 Å². The minimum atomic E-state index is -0.465. The zero-order chi connectivity index (χ0) is 22.5. The van der Waals surface area contributed by atoms with Crippen molar-refractivity contribution in [2.45, 2.75) is 6.10 Å². The summed E-state index contributed by atoms with van der Waals surface area (Å²) in [7, 11) is 1.75. The number of aromatic nitrogens is 2. The number of morpholine rings is 1. The summed E-state index contributed by atoms with van der Waals surface area (Å²) in [5.74, 6) is 0.216. The average Bonchev–Trinajstić information content (AvgIpc) is 2.86. The fourth-order valence-corrected chi connectivity index (χ4v) is 3.71. The first-order valence-corrected chi connectivity index (χ1v) is 10.4. The highest BCUT2D eigenvalue weighted by Gasteiger charge is 2.28. The summed E-state index contributed by atoms with van der Waals surface area (Å²) < 4.78 is 5.94. The largest absolute Gasteiger partial charge is 0.395 e. The number of aliphatic hydroxyl groups is 1. The molecule has 2 aromatic heterocycles. The maximum atomic E-state index is 13.1. The number of para-hydroxylation sites is 1. The molecule has 0 saturated carbocycles. The van der Waals surface area contributed by atoms with E-state index in [0.29, 0.717) is 53.2 Å². The molecular formula is C23H25N5O4. The highest BCUT2D eigenvalue weighted by atomic mass is 16.5. The van der Waals surface area contributed by atoms with Crippen molar-refractivity contribution in [3.8, 4) is 0 Å². The van der Waals surface area contributed by atoms with Crippen molar-refractivity contribution in [2.24, 2.45) is 0 Å². The molecule has 166 valence electrons. The number of nitrogens with one attached hydrogen (secondary N) is 2. The third-order valence-corrected chi connectivity index (χ3v) is 5.32. The van der Waals surface area contributed by atoms with Crippen molar-refractivity contribution in [1.29, 1.82) is 0 Å². The molecule has 1 aromatic carbocycles. The SMILES string of the molecule is CNc1cc(C(=O)N2CCOC(c3cc(C(=O)NCCO)c4ccccc4n3)C2)ccn1. The first-order chi connectivity index (χ1) is 15.6. The lowest BCUT2D eigenvalue weighted by atomic mass is 10.0. The Morgan fingerprint density at radius 3 is 2.91 bits per heavy atom. The van der Waals surface area contributed by atoms with E-state index >= 15 is 0 Å². The van der Waals surface area contributed by atoms with Gasteiger partial charge in [0, 0.05) is 37.3 Å². The van der Waals surface area contributed by atoms with Gasteiger partial charge in [-0.25, -0.2) is 9.97 Å². The van der Waals surface area contributed by atoms with Crippen LogP contribution in [0.3, 0.4) is 0 Å². The van der Waals surface area contributed by atoms with Crippen LogP contribution in [0.1, 0.15) is 32.5 Å². The van der Waals surface area contributed by atoms with Crippen molar-refractivity contribution in [2.75, 3.05) is 45.2 Å². The Morgan fingerprint density at radius 2 is 2.09 bits per heavy atom. The summed E-state index contributed by atoms with van der Waals surface area (Å²) >= 11 is 0. The number of aliphatic hydroxyl groups excluding tert-OH is 1. The molecule has 1 aliphatic heterocycles. The summed E-state index contributed by atoms with van der Waals surface area (Å²) in [5.41, 5.74) is 2.25. The van der Waals surface area contributed by atoms with E-state index in [2.05, 4.69) is 15.6 Å². The van der Waals surface area contributed by atoms with Crippen molar-refractivity contribution in [3.05, 3.63) is 65.5 Å². The maximum Gasteiger partial charge on any atom is 0.254 e. The van der Waals surface area contributed by atoms with Crippen molar-refractivity contribution in [1.82, 2.24) is 20.2 Å². The fourth-order valence-electron chi connectivity index (χ4n) is 3.71. The molecule has 0 aliphatic carbocycles. The zero-order valence-corrected chi connectivity index (χ0v) is 17.7. The number of carbonyl (C=O) groups excluding carboxylic acids is 2. The minimum absolute atomic E-state index is 0.112. The van der Waals surface area contributed by atoms with Gasteiger partial charge in [0.25, 0.3) is 11.8 Å². The van der Waals surface area contributed by atoms with Crippen LogP contribution in [0.4, 0.5) is 5.82 Å². The van der Waals surface area contributed by atoms with Gasteiger partial charge in [-0.3, -0.25) is 9.59 Å². The molecule has 3 heterocycles. The quantitative estimate of drug-likeness (QED) is 0.539. The number of hydrogen-bond acceptors (Lipinski definition) is 7. The molecule has 0 radical (unpaired) electrons. The Hall–Kier alpha value is -3.56. The predicted octanol–water partition coefficient (Wildman–Crippen LogP) is 1.61. The van der Waals surface area contributed by atoms with E-state index in [0.717, 1.165) is 0 Å². The number of carbonyl (C=O) groups is 2. The molecule has 3 aromatic rings. The second kappa shape index (κ2) is 9.71. The highest BCUT2D eigenvalue weighted by molar-refractivity contribution is 6.06.